The first-order valence-electron chi connectivity index (χ1n) is 9.53. The van der Waals surface area contributed by atoms with E-state index in [0.29, 0.717) is 25.6 Å². The van der Waals surface area contributed by atoms with E-state index in [1.165, 1.54) is 9.87 Å². The van der Waals surface area contributed by atoms with Crippen LogP contribution >= 0.6 is 0 Å². The van der Waals surface area contributed by atoms with Crippen molar-refractivity contribution < 1.29 is 8.42 Å². The van der Waals surface area contributed by atoms with Gasteiger partial charge in [0.25, 0.3) is 0 Å². The summed E-state index contributed by atoms with van der Waals surface area (Å²) in [7, 11) is -3.22. The third kappa shape index (κ3) is 5.45. The monoisotopic (exact) mass is 380 g/mol. The van der Waals surface area contributed by atoms with E-state index in [0.717, 1.165) is 25.9 Å². The summed E-state index contributed by atoms with van der Waals surface area (Å²) in [6.07, 6.45) is 2.30. The molecule has 0 amide bonds. The first-order chi connectivity index (χ1) is 12.5. The maximum Gasteiger partial charge on any atom is 0.215 e. The highest BCUT2D eigenvalue weighted by molar-refractivity contribution is 7.89. The van der Waals surface area contributed by atoms with Gasteiger partial charge < -0.3 is 10.6 Å². The number of guanidine groups is 1. The molecule has 0 atom stereocenters. The molecule has 1 aromatic rings. The zero-order chi connectivity index (χ0) is 19.0. The molecule has 1 aromatic carbocycles. The zero-order valence-electron chi connectivity index (χ0n) is 16.2. The predicted octanol–water partition coefficient (Wildman–Crippen LogP) is 1.94. The number of hydrogen-bond acceptors (Lipinski definition) is 3. The van der Waals surface area contributed by atoms with E-state index in [1.807, 2.05) is 26.8 Å². The van der Waals surface area contributed by atoms with E-state index < -0.39 is 10.0 Å². The molecule has 1 saturated carbocycles. The first-order valence-corrected chi connectivity index (χ1v) is 11.1. The molecule has 0 aliphatic heterocycles. The number of hydrogen-bond donors (Lipinski definition) is 2. The van der Waals surface area contributed by atoms with Crippen molar-refractivity contribution in [2.75, 3.05) is 38.5 Å². The lowest BCUT2D eigenvalue weighted by atomic mass is 9.96. The normalized spacial score (nSPS) is 16.5. The molecule has 0 spiro atoms. The zero-order valence-corrected chi connectivity index (χ0v) is 17.0. The molecule has 1 aliphatic rings. The van der Waals surface area contributed by atoms with Gasteiger partial charge in [-0.05, 0) is 25.3 Å². The Kier molecular flexibility index (Phi) is 7.46. The molecule has 2 N–H and O–H groups in total. The largest absolute Gasteiger partial charge is 0.357 e. The minimum atomic E-state index is -3.22. The van der Waals surface area contributed by atoms with Crippen LogP contribution in [0.1, 0.15) is 39.2 Å². The highest BCUT2D eigenvalue weighted by atomic mass is 32.2. The quantitative estimate of drug-likeness (QED) is 0.481. The van der Waals surface area contributed by atoms with E-state index >= 15 is 0 Å². The van der Waals surface area contributed by atoms with Crippen LogP contribution in [-0.4, -0.2) is 57.2 Å². The molecule has 0 saturated heterocycles. The van der Waals surface area contributed by atoms with Crippen LogP contribution in [0.4, 0.5) is 0 Å². The van der Waals surface area contributed by atoms with Gasteiger partial charge in [-0.15, -0.1) is 0 Å². The number of aliphatic imine (C=N–C) groups is 1. The van der Waals surface area contributed by atoms with Gasteiger partial charge in [-0.2, -0.15) is 0 Å². The average Bonchev–Trinajstić information content (AvgIpc) is 3.42. The first kappa shape index (κ1) is 20.7. The second-order valence-corrected chi connectivity index (χ2v) is 8.76. The van der Waals surface area contributed by atoms with Crippen molar-refractivity contribution in [2.24, 2.45) is 4.99 Å². The van der Waals surface area contributed by atoms with Crippen molar-refractivity contribution in [3.05, 3.63) is 35.9 Å². The summed E-state index contributed by atoms with van der Waals surface area (Å²) in [4.78, 5) is 4.71. The van der Waals surface area contributed by atoms with Crippen molar-refractivity contribution in [3.8, 4) is 0 Å². The van der Waals surface area contributed by atoms with E-state index in [-0.39, 0.29) is 11.2 Å². The molecule has 1 fully saturated rings. The Labute approximate surface area is 158 Å². The Balaban J connectivity index is 1.93. The van der Waals surface area contributed by atoms with Crippen molar-refractivity contribution in [1.29, 1.82) is 0 Å². The highest BCUT2D eigenvalue weighted by Crippen LogP contribution is 2.48. The number of nitrogens with zero attached hydrogens (tertiary/aromatic N) is 2. The molecule has 6 nitrogen and oxygen atoms in total. The third-order valence-corrected chi connectivity index (χ3v) is 6.90. The van der Waals surface area contributed by atoms with Gasteiger partial charge in [-0.25, -0.2) is 12.7 Å². The summed E-state index contributed by atoms with van der Waals surface area (Å²) < 4.78 is 26.0. The lowest BCUT2D eigenvalue weighted by molar-refractivity contribution is 0.445. The Bertz CT molecular complexity index is 681. The SMILES string of the molecule is CCNC(=NCC1(c2ccccc2)CC1)NCCS(=O)(=O)N(CC)CC. The number of nitrogens with one attached hydrogen (secondary N) is 2. The van der Waals surface area contributed by atoms with E-state index in [1.54, 1.807) is 0 Å². The maximum absolute atomic E-state index is 12.3. The van der Waals surface area contributed by atoms with Crippen molar-refractivity contribution in [1.82, 2.24) is 14.9 Å². The second kappa shape index (κ2) is 9.37. The molecule has 0 heterocycles. The number of sulfonamides is 1. The molecule has 0 radical (unpaired) electrons. The Morgan fingerprint density at radius 3 is 2.31 bits per heavy atom. The molecule has 7 heteroatoms. The molecule has 0 unspecified atom stereocenters. The Hall–Kier alpha value is -1.60. The van der Waals surface area contributed by atoms with E-state index in [9.17, 15) is 8.42 Å². The summed E-state index contributed by atoms with van der Waals surface area (Å²) in [6, 6.07) is 10.5. The van der Waals surface area contributed by atoms with E-state index in [4.69, 9.17) is 4.99 Å². The molecule has 0 bridgehead atoms. The van der Waals surface area contributed by atoms with Crippen LogP contribution < -0.4 is 10.6 Å². The number of rotatable bonds is 10. The lowest BCUT2D eigenvalue weighted by Crippen LogP contribution is -2.42. The van der Waals surface area contributed by atoms with Gasteiger partial charge in [0.05, 0.1) is 12.3 Å². The highest BCUT2D eigenvalue weighted by Gasteiger charge is 2.43. The topological polar surface area (TPSA) is 73.8 Å². The third-order valence-electron chi connectivity index (χ3n) is 4.88. The molecule has 26 heavy (non-hydrogen) atoms. The predicted molar refractivity (Wildman–Crippen MR) is 108 cm³/mol. The summed E-state index contributed by atoms with van der Waals surface area (Å²) >= 11 is 0. The van der Waals surface area contributed by atoms with Crippen LogP contribution in [0, 0.1) is 0 Å². The fourth-order valence-electron chi connectivity index (χ4n) is 3.10. The molecule has 0 aromatic heterocycles. The van der Waals surface area contributed by atoms with Crippen molar-refractivity contribution >= 4 is 16.0 Å². The van der Waals surface area contributed by atoms with Gasteiger partial charge in [-0.1, -0.05) is 44.2 Å². The van der Waals surface area contributed by atoms with Crippen LogP contribution in [0.15, 0.2) is 35.3 Å². The van der Waals surface area contributed by atoms with Gasteiger partial charge in [0.1, 0.15) is 0 Å². The van der Waals surface area contributed by atoms with E-state index in [2.05, 4.69) is 34.9 Å². The van der Waals surface area contributed by atoms with Gasteiger partial charge in [0.15, 0.2) is 5.96 Å². The fraction of sp³-hybridized carbons (Fsp3) is 0.632. The van der Waals surface area contributed by atoms with Crippen molar-refractivity contribution in [2.45, 2.75) is 39.0 Å². The van der Waals surface area contributed by atoms with Crippen LogP contribution in [0.5, 0.6) is 0 Å². The molecule has 2 rings (SSSR count). The van der Waals surface area contributed by atoms with Gasteiger partial charge in [0, 0.05) is 31.6 Å². The van der Waals surface area contributed by atoms with Gasteiger partial charge in [0.2, 0.25) is 10.0 Å². The fourth-order valence-corrected chi connectivity index (χ4v) is 4.50. The van der Waals surface area contributed by atoms with Crippen LogP contribution in [0.3, 0.4) is 0 Å². The molecular formula is C19H32N4O2S. The van der Waals surface area contributed by atoms with Crippen LogP contribution in [-0.2, 0) is 15.4 Å². The van der Waals surface area contributed by atoms with Crippen molar-refractivity contribution in [3.63, 3.8) is 0 Å². The smallest absolute Gasteiger partial charge is 0.215 e. The van der Waals surface area contributed by atoms with Gasteiger partial charge in [-0.3, -0.25) is 4.99 Å². The molecule has 1 aliphatic carbocycles. The Morgan fingerprint density at radius 2 is 1.77 bits per heavy atom. The average molecular weight is 381 g/mol. The second-order valence-electron chi connectivity index (χ2n) is 6.67. The summed E-state index contributed by atoms with van der Waals surface area (Å²) in [5.41, 5.74) is 1.49. The van der Waals surface area contributed by atoms with Crippen LogP contribution in [0.2, 0.25) is 0 Å². The summed E-state index contributed by atoms with van der Waals surface area (Å²) in [6.45, 7) is 8.55. The van der Waals surface area contributed by atoms with Gasteiger partial charge >= 0.3 is 0 Å². The maximum atomic E-state index is 12.3. The minimum Gasteiger partial charge on any atom is -0.357 e. The minimum absolute atomic E-state index is 0.0723. The summed E-state index contributed by atoms with van der Waals surface area (Å²) in [5.74, 6) is 0.757. The lowest BCUT2D eigenvalue weighted by Gasteiger charge is -2.19. The van der Waals surface area contributed by atoms with Crippen LogP contribution in [0.25, 0.3) is 0 Å². The standard InChI is InChI=1S/C19H32N4O2S/c1-4-20-18(21-14-15-26(24,25)23(5-2)6-3)22-16-19(12-13-19)17-10-8-7-9-11-17/h7-11H,4-6,12-16H2,1-3H3,(H2,20,21,22). The number of benzene rings is 1. The molecular weight excluding hydrogens is 348 g/mol. The molecule has 146 valence electrons. The summed E-state index contributed by atoms with van der Waals surface area (Å²) in [5, 5.41) is 6.37. The Morgan fingerprint density at radius 1 is 1.12 bits per heavy atom.